The first-order valence-corrected chi connectivity index (χ1v) is 12.2. The number of thiophene rings is 1. The number of halogens is 1. The maximum absolute atomic E-state index is 13.3. The summed E-state index contributed by atoms with van der Waals surface area (Å²) >= 11 is 7.51. The number of rotatable bonds is 5. The van der Waals surface area contributed by atoms with E-state index in [2.05, 4.69) is 11.9 Å². The van der Waals surface area contributed by atoms with Crippen molar-refractivity contribution in [1.82, 2.24) is 9.47 Å². The van der Waals surface area contributed by atoms with Crippen molar-refractivity contribution >= 4 is 33.0 Å². The molecule has 0 radical (unpaired) electrons. The largest absolute Gasteiger partial charge is 0.493 e. The number of likely N-dealkylation sites (tertiary alicyclic amines) is 1. The number of hydrogen-bond donors (Lipinski definition) is 0. The predicted octanol–water partition coefficient (Wildman–Crippen LogP) is 5.85. The predicted molar refractivity (Wildman–Crippen MR) is 136 cm³/mol. The third-order valence-electron chi connectivity index (χ3n) is 6.01. The van der Waals surface area contributed by atoms with Crippen LogP contribution in [0.5, 0.6) is 11.5 Å². The molecule has 5 nitrogen and oxygen atoms in total. The molecule has 33 heavy (non-hydrogen) atoms. The van der Waals surface area contributed by atoms with E-state index in [9.17, 15) is 4.79 Å². The van der Waals surface area contributed by atoms with Crippen molar-refractivity contribution in [3.8, 4) is 27.6 Å². The molecule has 2 aromatic heterocycles. The Bertz CT molecular complexity index is 1350. The molecule has 5 rings (SSSR count). The van der Waals surface area contributed by atoms with E-state index in [1.54, 1.807) is 11.7 Å². The molecule has 0 spiro atoms. The summed E-state index contributed by atoms with van der Waals surface area (Å²) in [7, 11) is 3.74. The fraction of sp³-hybridized carbons (Fsp3) is 0.269. The third kappa shape index (κ3) is 4.51. The summed E-state index contributed by atoms with van der Waals surface area (Å²) in [6.07, 6.45) is 4.10. The van der Waals surface area contributed by atoms with Gasteiger partial charge in [-0.15, -0.1) is 11.3 Å². The molecule has 0 unspecified atom stereocenters. The second-order valence-corrected chi connectivity index (χ2v) is 9.86. The van der Waals surface area contributed by atoms with Crippen LogP contribution in [0.3, 0.4) is 0 Å². The summed E-state index contributed by atoms with van der Waals surface area (Å²) in [5.74, 6) is 1.33. The Hall–Kier alpha value is -2.80. The quantitative estimate of drug-likeness (QED) is 0.359. The van der Waals surface area contributed by atoms with E-state index >= 15 is 0 Å². The molecule has 7 heteroatoms. The second kappa shape index (κ2) is 9.21. The van der Waals surface area contributed by atoms with Crippen molar-refractivity contribution in [2.45, 2.75) is 18.9 Å². The Balaban J connectivity index is 1.47. The summed E-state index contributed by atoms with van der Waals surface area (Å²) < 4.78 is 14.2. The highest BCUT2D eigenvalue weighted by Gasteiger charge is 2.20. The lowest BCUT2D eigenvalue weighted by atomic mass is 10.1. The highest BCUT2D eigenvalue weighted by molar-refractivity contribution is 7.22. The molecule has 0 amide bonds. The zero-order chi connectivity index (χ0) is 22.9. The first-order chi connectivity index (χ1) is 16.0. The van der Waals surface area contributed by atoms with Gasteiger partial charge in [0.15, 0.2) is 11.5 Å². The van der Waals surface area contributed by atoms with Gasteiger partial charge >= 0.3 is 0 Å². The molecule has 0 saturated carbocycles. The van der Waals surface area contributed by atoms with Crippen LogP contribution in [0.15, 0.2) is 65.6 Å². The van der Waals surface area contributed by atoms with Crippen LogP contribution in [-0.4, -0.2) is 42.8 Å². The van der Waals surface area contributed by atoms with Crippen molar-refractivity contribution < 1.29 is 9.47 Å². The molecule has 170 valence electrons. The van der Waals surface area contributed by atoms with E-state index < -0.39 is 0 Å². The minimum Gasteiger partial charge on any atom is -0.493 e. The fourth-order valence-electron chi connectivity index (χ4n) is 4.29. The number of methoxy groups -OCH3 is 1. The number of ether oxygens (including phenoxy) is 2. The third-order valence-corrected chi connectivity index (χ3v) is 7.45. The second-order valence-electron chi connectivity index (χ2n) is 8.37. The van der Waals surface area contributed by atoms with Gasteiger partial charge in [-0.05, 0) is 68.4 Å². The van der Waals surface area contributed by atoms with E-state index in [0.29, 0.717) is 21.2 Å². The van der Waals surface area contributed by atoms with Crippen LogP contribution < -0.4 is 15.0 Å². The monoisotopic (exact) mass is 480 g/mol. The van der Waals surface area contributed by atoms with Crippen LogP contribution in [0.1, 0.15) is 12.8 Å². The minimum absolute atomic E-state index is 0.0534. The molecule has 0 aliphatic carbocycles. The molecular formula is C26H25ClN2O3S. The molecule has 1 aliphatic heterocycles. The van der Waals surface area contributed by atoms with Crippen LogP contribution >= 0.6 is 22.9 Å². The number of pyridine rings is 1. The minimum atomic E-state index is -0.0534. The Morgan fingerprint density at radius 1 is 1.06 bits per heavy atom. The number of aromatic nitrogens is 1. The molecule has 1 atom stereocenters. The Morgan fingerprint density at radius 2 is 1.88 bits per heavy atom. The van der Waals surface area contributed by atoms with Gasteiger partial charge in [-0.25, -0.2) is 0 Å². The smallest absolute Gasteiger partial charge is 0.273 e. The van der Waals surface area contributed by atoms with E-state index in [0.717, 1.165) is 47.4 Å². The Kier molecular flexibility index (Phi) is 6.15. The number of likely N-dealkylation sites (N-methyl/N-ethyl adjacent to an activating group) is 1. The summed E-state index contributed by atoms with van der Waals surface area (Å²) in [5.41, 5.74) is 1.73. The number of nitrogens with zero attached hydrogens (tertiary/aromatic N) is 2. The molecule has 0 N–H and O–H groups in total. The fourth-order valence-corrected chi connectivity index (χ4v) is 5.50. The topological polar surface area (TPSA) is 43.7 Å². The van der Waals surface area contributed by atoms with Crippen LogP contribution in [0.25, 0.3) is 26.2 Å². The number of piperidine rings is 1. The van der Waals surface area contributed by atoms with Crippen molar-refractivity contribution in [1.29, 1.82) is 0 Å². The summed E-state index contributed by atoms with van der Waals surface area (Å²) in [6.45, 7) is 2.00. The molecular weight excluding hydrogens is 456 g/mol. The maximum atomic E-state index is 13.3. The first-order valence-electron chi connectivity index (χ1n) is 11.0. The van der Waals surface area contributed by atoms with Gasteiger partial charge in [0.05, 0.1) is 12.8 Å². The zero-order valence-electron chi connectivity index (χ0n) is 18.6. The lowest BCUT2D eigenvalue weighted by molar-refractivity contribution is 0.101. The van der Waals surface area contributed by atoms with Crippen molar-refractivity contribution in [3.05, 3.63) is 76.2 Å². The summed E-state index contributed by atoms with van der Waals surface area (Å²) in [5, 5.41) is 1.62. The lowest BCUT2D eigenvalue weighted by Gasteiger charge is -2.30. The van der Waals surface area contributed by atoms with E-state index in [4.69, 9.17) is 21.1 Å². The number of benzene rings is 2. The zero-order valence-corrected chi connectivity index (χ0v) is 20.2. The van der Waals surface area contributed by atoms with Gasteiger partial charge in [-0.3, -0.25) is 9.36 Å². The van der Waals surface area contributed by atoms with Gasteiger partial charge < -0.3 is 14.4 Å². The van der Waals surface area contributed by atoms with Gasteiger partial charge in [-0.2, -0.15) is 0 Å². The van der Waals surface area contributed by atoms with Crippen molar-refractivity contribution in [2.75, 3.05) is 27.2 Å². The van der Waals surface area contributed by atoms with Crippen LogP contribution in [-0.2, 0) is 0 Å². The SMILES string of the molecule is COc1cc(-n2ccc3cc(-c4ccc(Cl)cc4)sc3c2=O)ccc1O[C@H]1CCCN(C)C1. The van der Waals surface area contributed by atoms with Crippen LogP contribution in [0, 0.1) is 0 Å². The molecule has 4 aromatic rings. The van der Waals surface area contributed by atoms with E-state index in [1.165, 1.54) is 11.3 Å². The maximum Gasteiger partial charge on any atom is 0.273 e. The van der Waals surface area contributed by atoms with Crippen molar-refractivity contribution in [2.24, 2.45) is 0 Å². The number of fused-ring (bicyclic) bond motifs is 1. The van der Waals surface area contributed by atoms with Crippen LogP contribution in [0.2, 0.25) is 5.02 Å². The molecule has 0 bridgehead atoms. The van der Waals surface area contributed by atoms with Crippen LogP contribution in [0.4, 0.5) is 0 Å². The van der Waals surface area contributed by atoms with E-state index in [-0.39, 0.29) is 11.7 Å². The van der Waals surface area contributed by atoms with Gasteiger partial charge in [0, 0.05) is 34.1 Å². The molecule has 1 fully saturated rings. The first kappa shape index (κ1) is 22.0. The van der Waals surface area contributed by atoms with E-state index in [1.807, 2.05) is 60.8 Å². The van der Waals surface area contributed by atoms with Gasteiger partial charge in [0.2, 0.25) is 0 Å². The molecule has 3 heterocycles. The highest BCUT2D eigenvalue weighted by atomic mass is 35.5. The molecule has 2 aromatic carbocycles. The molecule has 1 aliphatic rings. The average molecular weight is 481 g/mol. The van der Waals surface area contributed by atoms with Gasteiger partial charge in [0.25, 0.3) is 5.56 Å². The standard InChI is InChI=1S/C26H25ClN2O3S/c1-28-12-3-4-21(16-28)32-22-10-9-20(15-23(22)31-2)29-13-11-18-14-24(33-25(18)26(29)30)17-5-7-19(27)8-6-17/h5-11,13-15,21H,3-4,12,16H2,1-2H3/t21-/m0/s1. The molecule has 1 saturated heterocycles. The summed E-state index contributed by atoms with van der Waals surface area (Å²) in [4.78, 5) is 16.7. The highest BCUT2D eigenvalue weighted by Crippen LogP contribution is 2.34. The number of hydrogen-bond acceptors (Lipinski definition) is 5. The Labute approximate surface area is 201 Å². The lowest BCUT2D eigenvalue weighted by Crippen LogP contribution is -2.38. The normalized spacial score (nSPS) is 16.8. The summed E-state index contributed by atoms with van der Waals surface area (Å²) in [6, 6.07) is 17.4. The average Bonchev–Trinajstić information content (AvgIpc) is 3.26. The van der Waals surface area contributed by atoms with Crippen molar-refractivity contribution in [3.63, 3.8) is 0 Å². The Morgan fingerprint density at radius 3 is 2.64 bits per heavy atom. The van der Waals surface area contributed by atoms with Gasteiger partial charge in [-0.1, -0.05) is 23.7 Å². The van der Waals surface area contributed by atoms with Gasteiger partial charge in [0.1, 0.15) is 10.8 Å².